The highest BCUT2D eigenvalue weighted by Crippen LogP contribution is 2.31. The fraction of sp³-hybridized carbons (Fsp3) is 0.407. The van der Waals surface area contributed by atoms with Crippen LogP contribution in [0.2, 0.25) is 5.02 Å². The summed E-state index contributed by atoms with van der Waals surface area (Å²) < 4.78 is 38.0. The molecule has 1 aromatic carbocycles. The van der Waals surface area contributed by atoms with Crippen LogP contribution in [0.25, 0.3) is 0 Å². The van der Waals surface area contributed by atoms with Crippen LogP contribution in [0.5, 0.6) is 17.4 Å². The molecule has 2 aliphatic rings. The van der Waals surface area contributed by atoms with Gasteiger partial charge in [0.05, 0.1) is 26.5 Å². The van der Waals surface area contributed by atoms with Gasteiger partial charge in [0.25, 0.3) is 11.9 Å². The molecule has 0 bridgehead atoms. The van der Waals surface area contributed by atoms with Gasteiger partial charge in [0.15, 0.2) is 0 Å². The van der Waals surface area contributed by atoms with Gasteiger partial charge in [-0.15, -0.1) is 5.10 Å². The monoisotopic (exact) mass is 573 g/mol. The van der Waals surface area contributed by atoms with Gasteiger partial charge in [-0.25, -0.2) is 4.98 Å². The number of anilines is 1. The van der Waals surface area contributed by atoms with Crippen LogP contribution in [-0.2, 0) is 20.9 Å². The van der Waals surface area contributed by atoms with E-state index in [2.05, 4.69) is 15.4 Å². The second kappa shape index (κ2) is 11.7. The molecule has 1 N–H and O–H groups in total. The van der Waals surface area contributed by atoms with Crippen LogP contribution < -0.4 is 19.5 Å². The molecule has 3 aromatic rings. The Morgan fingerprint density at radius 2 is 2.00 bits per heavy atom. The lowest BCUT2D eigenvalue weighted by molar-refractivity contribution is -0.145. The van der Waals surface area contributed by atoms with E-state index >= 15 is 0 Å². The molecule has 40 heavy (non-hydrogen) atoms. The smallest absolute Gasteiger partial charge is 0.256 e. The summed E-state index contributed by atoms with van der Waals surface area (Å²) in [6, 6.07) is 10.4. The van der Waals surface area contributed by atoms with Crippen LogP contribution in [0, 0.1) is 11.4 Å². The Morgan fingerprint density at radius 1 is 1.23 bits per heavy atom. The molecular weight excluding hydrogens is 545 g/mol. The van der Waals surface area contributed by atoms with Crippen molar-refractivity contribution in [3.05, 3.63) is 59.8 Å². The zero-order valence-corrected chi connectivity index (χ0v) is 22.8. The van der Waals surface area contributed by atoms with Crippen molar-refractivity contribution in [3.63, 3.8) is 0 Å². The lowest BCUT2D eigenvalue weighted by Crippen LogP contribution is -2.60. The van der Waals surface area contributed by atoms with Gasteiger partial charge in [0, 0.05) is 42.2 Å². The maximum atomic E-state index is 14.5. The normalized spacial score (nSPS) is 19.6. The Balaban J connectivity index is 1.07. The summed E-state index contributed by atoms with van der Waals surface area (Å²) >= 11 is 5.90. The number of benzene rings is 1. The number of ether oxygens (including phenoxy) is 4. The number of nitrogens with zero attached hydrogens (tertiary/aromatic N) is 4. The topological polar surface area (TPSA) is 117 Å². The molecule has 0 aliphatic carbocycles. The van der Waals surface area contributed by atoms with Crippen LogP contribution in [-0.4, -0.2) is 77.1 Å². The third-order valence-electron chi connectivity index (χ3n) is 6.64. The largest absolute Gasteiger partial charge is 0.493 e. The second-order valence-corrected chi connectivity index (χ2v) is 10.6. The van der Waals surface area contributed by atoms with E-state index < -0.39 is 18.0 Å². The van der Waals surface area contributed by atoms with E-state index in [1.54, 1.807) is 47.5 Å². The minimum atomic E-state index is -0.888. The second-order valence-electron chi connectivity index (χ2n) is 10.2. The number of hydrogen-bond donors (Lipinski definition) is 1. The minimum Gasteiger partial charge on any atom is -0.493 e. The van der Waals surface area contributed by atoms with Crippen molar-refractivity contribution in [2.75, 3.05) is 38.7 Å². The summed E-state index contributed by atoms with van der Waals surface area (Å²) in [4.78, 5) is 31.1. The highest BCUT2D eigenvalue weighted by molar-refractivity contribution is 6.30. The Bertz CT molecular complexity index is 1360. The first-order valence-electron chi connectivity index (χ1n) is 12.7. The highest BCUT2D eigenvalue weighted by Gasteiger charge is 2.42. The van der Waals surface area contributed by atoms with Crippen molar-refractivity contribution in [2.24, 2.45) is 5.41 Å². The van der Waals surface area contributed by atoms with E-state index in [1.165, 1.54) is 18.0 Å². The number of aromatic nitrogens is 3. The zero-order chi connectivity index (χ0) is 28.3. The Morgan fingerprint density at radius 3 is 2.75 bits per heavy atom. The van der Waals surface area contributed by atoms with Gasteiger partial charge in [-0.2, -0.15) is 4.39 Å². The Kier molecular flexibility index (Phi) is 8.08. The summed E-state index contributed by atoms with van der Waals surface area (Å²) in [5.41, 5.74) is -0.328. The molecule has 2 fully saturated rings. The van der Waals surface area contributed by atoms with Crippen LogP contribution in [0.15, 0.2) is 48.8 Å². The van der Waals surface area contributed by atoms with E-state index in [0.717, 1.165) is 0 Å². The molecular formula is C27H29ClFN5O6. The van der Waals surface area contributed by atoms with Gasteiger partial charge >= 0.3 is 0 Å². The molecule has 4 heterocycles. The van der Waals surface area contributed by atoms with Gasteiger partial charge in [-0.3, -0.25) is 14.3 Å². The summed E-state index contributed by atoms with van der Waals surface area (Å²) in [5, 5.41) is 6.87. The number of pyridine rings is 1. The molecule has 2 aliphatic heterocycles. The molecule has 2 aromatic heterocycles. The van der Waals surface area contributed by atoms with Crippen molar-refractivity contribution in [3.8, 4) is 17.4 Å². The van der Waals surface area contributed by atoms with Gasteiger partial charge in [0.2, 0.25) is 11.8 Å². The van der Waals surface area contributed by atoms with Gasteiger partial charge in [0.1, 0.15) is 35.9 Å². The van der Waals surface area contributed by atoms with Crippen LogP contribution in [0.4, 0.5) is 10.1 Å². The standard InChI is InChI=1S/C27H29ClFN5O6/c1-27(16-39-18-5-3-17(28)4-6-18)14-33(15-27)24(35)12-34-11-21(25(29)32-34)31-26(36)22-9-20(13-38-22)40-19-7-8-30-23(10-19)37-2/h3-8,10-11,20,22H,9,12-16H2,1-2H3,(H,31,36)/t20-,22+/m0/s1. The van der Waals surface area contributed by atoms with E-state index in [0.29, 0.717) is 42.1 Å². The van der Waals surface area contributed by atoms with Crippen molar-refractivity contribution in [1.82, 2.24) is 19.7 Å². The maximum absolute atomic E-state index is 14.5. The molecule has 0 spiro atoms. The number of methoxy groups -OCH3 is 1. The number of carbonyl (C=O) groups excluding carboxylic acids is 2. The Labute approximate surface area is 235 Å². The summed E-state index contributed by atoms with van der Waals surface area (Å²) in [6.45, 7) is 3.51. The average Bonchev–Trinajstić information content (AvgIpc) is 3.52. The van der Waals surface area contributed by atoms with Gasteiger partial charge in [-0.1, -0.05) is 18.5 Å². The van der Waals surface area contributed by atoms with Crippen molar-refractivity contribution >= 4 is 29.1 Å². The molecule has 2 atom stereocenters. The molecule has 13 heteroatoms. The molecule has 2 amide bonds. The first kappa shape index (κ1) is 27.7. The fourth-order valence-electron chi connectivity index (χ4n) is 4.58. The number of amides is 2. The number of halogens is 2. The van der Waals surface area contributed by atoms with Crippen LogP contribution >= 0.6 is 11.6 Å². The Hall–Kier alpha value is -3.90. The van der Waals surface area contributed by atoms with Crippen LogP contribution in [0.3, 0.4) is 0 Å². The number of likely N-dealkylation sites (tertiary alicyclic amines) is 1. The fourth-order valence-corrected chi connectivity index (χ4v) is 4.70. The first-order chi connectivity index (χ1) is 19.2. The lowest BCUT2D eigenvalue weighted by atomic mass is 9.83. The van der Waals surface area contributed by atoms with Gasteiger partial charge < -0.3 is 29.2 Å². The first-order valence-corrected chi connectivity index (χ1v) is 13.1. The average molecular weight is 574 g/mol. The molecule has 5 rings (SSSR count). The predicted molar refractivity (Wildman–Crippen MR) is 142 cm³/mol. The number of rotatable bonds is 10. The number of hydrogen-bond acceptors (Lipinski definition) is 8. The molecule has 0 unspecified atom stereocenters. The van der Waals surface area contributed by atoms with E-state index in [1.807, 2.05) is 6.92 Å². The molecule has 11 nitrogen and oxygen atoms in total. The van der Waals surface area contributed by atoms with E-state index in [-0.39, 0.29) is 42.7 Å². The molecule has 212 valence electrons. The highest BCUT2D eigenvalue weighted by atomic mass is 35.5. The van der Waals surface area contributed by atoms with Crippen molar-refractivity contribution in [2.45, 2.75) is 32.1 Å². The van der Waals surface area contributed by atoms with Gasteiger partial charge in [-0.05, 0) is 30.3 Å². The quantitative estimate of drug-likeness (QED) is 0.393. The molecule has 0 saturated carbocycles. The summed E-state index contributed by atoms with van der Waals surface area (Å²) in [5.74, 6) is 0.0229. The van der Waals surface area contributed by atoms with Crippen molar-refractivity contribution < 1.29 is 32.9 Å². The van der Waals surface area contributed by atoms with Crippen LogP contribution in [0.1, 0.15) is 13.3 Å². The molecule has 2 saturated heterocycles. The number of nitrogens with one attached hydrogen (secondary N) is 1. The van der Waals surface area contributed by atoms with E-state index in [9.17, 15) is 14.0 Å². The molecule has 0 radical (unpaired) electrons. The predicted octanol–water partition coefficient (Wildman–Crippen LogP) is 3.18. The summed E-state index contributed by atoms with van der Waals surface area (Å²) in [7, 11) is 1.50. The third kappa shape index (κ3) is 6.62. The minimum absolute atomic E-state index is 0.130. The SMILES string of the molecule is COc1cc(O[C@@H]2CO[C@@H](C(=O)Nc3cn(CC(=O)N4CC(C)(COc5ccc(Cl)cc5)C4)nc3F)C2)ccn1. The van der Waals surface area contributed by atoms with E-state index in [4.69, 9.17) is 30.5 Å². The zero-order valence-electron chi connectivity index (χ0n) is 22.0. The maximum Gasteiger partial charge on any atom is 0.256 e. The lowest BCUT2D eigenvalue weighted by Gasteiger charge is -2.47. The van der Waals surface area contributed by atoms with Crippen molar-refractivity contribution in [1.29, 1.82) is 0 Å². The number of carbonyl (C=O) groups is 2. The third-order valence-corrected chi connectivity index (χ3v) is 6.89. The summed E-state index contributed by atoms with van der Waals surface area (Å²) in [6.07, 6.45) is 1.93.